The molecule has 0 unspecified atom stereocenters. The molecule has 0 saturated carbocycles. The molecule has 0 radical (unpaired) electrons. The van der Waals surface area contributed by atoms with Gasteiger partial charge in [0, 0.05) is 49.5 Å². The van der Waals surface area contributed by atoms with Gasteiger partial charge >= 0.3 is 0 Å². The number of benzene rings is 8. The van der Waals surface area contributed by atoms with Gasteiger partial charge in [0.2, 0.25) is 0 Å². The molecule has 8 aromatic carbocycles. The van der Waals surface area contributed by atoms with E-state index >= 15 is 0 Å². The highest BCUT2D eigenvalue weighted by molar-refractivity contribution is 6.07. The van der Waals surface area contributed by atoms with Crippen LogP contribution in [0.3, 0.4) is 0 Å². The molecule has 3 aromatic heterocycles. The van der Waals surface area contributed by atoms with Crippen LogP contribution in [0, 0.1) is 0 Å². The average Bonchev–Trinajstić information content (AvgIpc) is 3.95. The third-order valence-corrected chi connectivity index (χ3v) is 12.5. The summed E-state index contributed by atoms with van der Waals surface area (Å²) in [5, 5.41) is 4.48. The summed E-state index contributed by atoms with van der Waals surface area (Å²) in [5.74, 6) is 1.79. The van der Waals surface area contributed by atoms with Gasteiger partial charge in [0.15, 0.2) is 17.5 Å². The molecule has 0 saturated heterocycles. The number of hydrogen-bond donors (Lipinski definition) is 0. The van der Waals surface area contributed by atoms with Crippen LogP contribution in [-0.2, 0) is 5.41 Å². The Hall–Kier alpha value is -8.02. The van der Waals surface area contributed by atoms with E-state index < -0.39 is 5.41 Å². The van der Waals surface area contributed by atoms with Gasteiger partial charge in [-0.1, -0.05) is 176 Å². The maximum Gasteiger partial charge on any atom is 0.164 e. The summed E-state index contributed by atoms with van der Waals surface area (Å²) < 4.78 is 6.26. The number of fused-ring (bicyclic) bond motifs is 15. The van der Waals surface area contributed by atoms with Gasteiger partial charge in [0.1, 0.15) is 11.2 Å². The van der Waals surface area contributed by atoms with E-state index in [1.807, 2.05) is 54.6 Å². The van der Waals surface area contributed by atoms with Gasteiger partial charge in [0.05, 0.1) is 16.8 Å². The Balaban J connectivity index is 0.972. The summed E-state index contributed by atoms with van der Waals surface area (Å²) in [7, 11) is 0. The third-order valence-electron chi connectivity index (χ3n) is 12.5. The molecule has 0 fully saturated rings. The molecule has 11 aromatic rings. The number of hydrogen-bond acceptors (Lipinski definition) is 5. The number of pyridine rings is 1. The SMILES string of the molecule is c1ccc(-c2nc(-c3ccc(-c4nc5c(c6ccccc46)C4(c6ccccc6-c6ccccc64)c4ccccc4-5)cc3)nc(-c3ccc4c(c3)oc3ccccc34)n2)cc1. The average molecular weight is 765 g/mol. The minimum atomic E-state index is -0.476. The van der Waals surface area contributed by atoms with Gasteiger partial charge in [-0.05, 0) is 51.4 Å². The van der Waals surface area contributed by atoms with Crippen LogP contribution in [0.15, 0.2) is 199 Å². The van der Waals surface area contributed by atoms with Crippen molar-refractivity contribution < 1.29 is 4.42 Å². The summed E-state index contributed by atoms with van der Waals surface area (Å²) in [4.78, 5) is 20.8. The van der Waals surface area contributed by atoms with Crippen molar-refractivity contribution in [3.8, 4) is 67.8 Å². The van der Waals surface area contributed by atoms with Gasteiger partial charge in [-0.2, -0.15) is 0 Å². The predicted molar refractivity (Wildman–Crippen MR) is 240 cm³/mol. The lowest BCUT2D eigenvalue weighted by molar-refractivity contribution is 0.669. The number of para-hydroxylation sites is 1. The normalized spacial score (nSPS) is 13.1. The van der Waals surface area contributed by atoms with Crippen molar-refractivity contribution in [2.45, 2.75) is 5.41 Å². The molecule has 278 valence electrons. The molecule has 5 heteroatoms. The van der Waals surface area contributed by atoms with Gasteiger partial charge < -0.3 is 4.42 Å². The van der Waals surface area contributed by atoms with Crippen LogP contribution in [0.5, 0.6) is 0 Å². The molecule has 13 rings (SSSR count). The zero-order chi connectivity index (χ0) is 39.4. The summed E-state index contributed by atoms with van der Waals surface area (Å²) in [6.07, 6.45) is 0. The van der Waals surface area contributed by atoms with Crippen molar-refractivity contribution in [1.29, 1.82) is 0 Å². The molecule has 2 aliphatic rings. The van der Waals surface area contributed by atoms with Crippen LogP contribution in [0.2, 0.25) is 0 Å². The van der Waals surface area contributed by atoms with E-state index in [9.17, 15) is 0 Å². The highest BCUT2D eigenvalue weighted by atomic mass is 16.3. The molecule has 3 heterocycles. The summed E-state index contributed by atoms with van der Waals surface area (Å²) in [6.45, 7) is 0. The first-order chi connectivity index (χ1) is 29.7. The van der Waals surface area contributed by atoms with Gasteiger partial charge in [-0.3, -0.25) is 0 Å². The second-order valence-electron chi connectivity index (χ2n) is 15.7. The Bertz CT molecular complexity index is 3510. The van der Waals surface area contributed by atoms with E-state index in [-0.39, 0.29) is 0 Å². The quantitative estimate of drug-likeness (QED) is 0.179. The zero-order valence-electron chi connectivity index (χ0n) is 32.2. The Kier molecular flexibility index (Phi) is 6.87. The maximum absolute atomic E-state index is 6.26. The Labute approximate surface area is 345 Å². The van der Waals surface area contributed by atoms with Crippen molar-refractivity contribution in [2.24, 2.45) is 0 Å². The lowest BCUT2D eigenvalue weighted by atomic mass is 9.69. The van der Waals surface area contributed by atoms with Crippen LogP contribution in [-0.4, -0.2) is 19.9 Å². The van der Waals surface area contributed by atoms with Crippen molar-refractivity contribution in [3.63, 3.8) is 0 Å². The monoisotopic (exact) mass is 764 g/mol. The van der Waals surface area contributed by atoms with E-state index in [0.29, 0.717) is 17.5 Å². The number of rotatable bonds is 4. The molecule has 60 heavy (non-hydrogen) atoms. The number of aromatic nitrogens is 4. The van der Waals surface area contributed by atoms with Crippen LogP contribution in [0.4, 0.5) is 0 Å². The fourth-order valence-electron chi connectivity index (χ4n) is 10.00. The van der Waals surface area contributed by atoms with Gasteiger partial charge in [0.25, 0.3) is 0 Å². The molecular weight excluding hydrogens is 733 g/mol. The van der Waals surface area contributed by atoms with Crippen molar-refractivity contribution in [2.75, 3.05) is 0 Å². The molecular formula is C55H32N4O. The third kappa shape index (κ3) is 4.57. The molecule has 5 nitrogen and oxygen atoms in total. The summed E-state index contributed by atoms with van der Waals surface area (Å²) in [6, 6.07) is 68.4. The lowest BCUT2D eigenvalue weighted by Gasteiger charge is -2.31. The number of furan rings is 1. The first kappa shape index (κ1) is 33.0. The summed E-state index contributed by atoms with van der Waals surface area (Å²) >= 11 is 0. The molecule has 0 atom stereocenters. The minimum Gasteiger partial charge on any atom is -0.456 e. The minimum absolute atomic E-state index is 0.476. The zero-order valence-corrected chi connectivity index (χ0v) is 32.2. The van der Waals surface area contributed by atoms with E-state index in [4.69, 9.17) is 24.4 Å². The highest BCUT2D eigenvalue weighted by Gasteiger charge is 2.53. The Morgan fingerprint density at radius 3 is 1.50 bits per heavy atom. The summed E-state index contributed by atoms with van der Waals surface area (Å²) in [5.41, 5.74) is 15.7. The first-order valence-corrected chi connectivity index (χ1v) is 20.3. The second-order valence-corrected chi connectivity index (χ2v) is 15.7. The van der Waals surface area contributed by atoms with E-state index in [1.165, 1.54) is 44.3 Å². The van der Waals surface area contributed by atoms with Gasteiger partial charge in [-0.25, -0.2) is 19.9 Å². The van der Waals surface area contributed by atoms with Crippen LogP contribution >= 0.6 is 0 Å². The molecule has 0 N–H and O–H groups in total. The van der Waals surface area contributed by atoms with E-state index in [0.717, 1.165) is 61.0 Å². The van der Waals surface area contributed by atoms with Crippen LogP contribution in [0.1, 0.15) is 22.3 Å². The second kappa shape index (κ2) is 12.5. The smallest absolute Gasteiger partial charge is 0.164 e. The molecule has 0 aliphatic heterocycles. The van der Waals surface area contributed by atoms with Gasteiger partial charge in [-0.15, -0.1) is 0 Å². The fraction of sp³-hybridized carbons (Fsp3) is 0.0182. The predicted octanol–water partition coefficient (Wildman–Crippen LogP) is 13.3. The van der Waals surface area contributed by atoms with E-state index in [1.54, 1.807) is 0 Å². The van der Waals surface area contributed by atoms with Crippen molar-refractivity contribution >= 4 is 32.7 Å². The van der Waals surface area contributed by atoms with Crippen LogP contribution < -0.4 is 0 Å². The Morgan fingerprint density at radius 1 is 0.317 bits per heavy atom. The molecule has 2 aliphatic carbocycles. The largest absolute Gasteiger partial charge is 0.456 e. The standard InChI is InChI=1S/C55H32N4O/c1-2-14-34(15-3-1)52-57-53(59-54(58-52)36-30-31-40-39-18-9-13-25-47(39)60-48(40)32-36)35-28-26-33(27-29-35)50-42-20-5-4-19-41(42)49-51(56-50)43-21-8-12-24-46(43)55(49)44-22-10-6-16-37(44)38-17-7-11-23-45(38)55/h1-32H. The van der Waals surface area contributed by atoms with E-state index in [2.05, 4.69) is 140 Å². The number of nitrogens with zero attached hydrogens (tertiary/aromatic N) is 4. The van der Waals surface area contributed by atoms with Crippen LogP contribution in [0.25, 0.3) is 101 Å². The molecule has 0 amide bonds. The fourth-order valence-corrected chi connectivity index (χ4v) is 10.00. The van der Waals surface area contributed by atoms with Crippen molar-refractivity contribution in [3.05, 3.63) is 216 Å². The molecule has 1 spiro atoms. The van der Waals surface area contributed by atoms with Crippen molar-refractivity contribution in [1.82, 2.24) is 19.9 Å². The topological polar surface area (TPSA) is 64.7 Å². The molecule has 0 bridgehead atoms. The highest BCUT2D eigenvalue weighted by Crippen LogP contribution is 2.64. The lowest BCUT2D eigenvalue weighted by Crippen LogP contribution is -2.26. The Morgan fingerprint density at radius 2 is 0.800 bits per heavy atom. The maximum atomic E-state index is 6.26. The first-order valence-electron chi connectivity index (χ1n) is 20.3.